The van der Waals surface area contributed by atoms with Crippen molar-refractivity contribution in [2.45, 2.75) is 18.4 Å². The first-order valence-corrected chi connectivity index (χ1v) is 8.30. The maximum absolute atomic E-state index is 12.2. The van der Waals surface area contributed by atoms with Gasteiger partial charge < -0.3 is 4.74 Å². The van der Waals surface area contributed by atoms with Crippen molar-refractivity contribution in [2.24, 2.45) is 5.92 Å². The summed E-state index contributed by atoms with van der Waals surface area (Å²) in [6.07, 6.45) is 2.15. The summed E-state index contributed by atoms with van der Waals surface area (Å²) in [5.41, 5.74) is -0.260. The maximum Gasteiger partial charge on any atom is 0.415 e. The molecule has 0 aromatic carbocycles. The Bertz CT molecular complexity index is 526. The normalized spacial score (nSPS) is 37.1. The second kappa shape index (κ2) is 4.20. The van der Waals surface area contributed by atoms with E-state index >= 15 is 0 Å². The maximum atomic E-state index is 12.2. The lowest BCUT2D eigenvalue weighted by Crippen LogP contribution is -2.61. The number of anilines is 1. The Labute approximate surface area is 124 Å². The average molecular weight is 343 g/mol. The second-order valence-corrected chi connectivity index (χ2v) is 7.48. The summed E-state index contributed by atoms with van der Waals surface area (Å²) in [6, 6.07) is 1.99. The minimum absolute atomic E-state index is 0.178. The van der Waals surface area contributed by atoms with Gasteiger partial charge in [0.25, 0.3) is 0 Å². The predicted octanol–water partition coefficient (Wildman–Crippen LogP) is 2.93. The molecule has 1 aromatic heterocycles. The fraction of sp³-hybridized carbons (Fsp3) is 0.615. The molecule has 2 bridgehead atoms. The number of fused-ring (bicyclic) bond motifs is 2. The van der Waals surface area contributed by atoms with Gasteiger partial charge in [-0.05, 0) is 47.9 Å². The summed E-state index contributed by atoms with van der Waals surface area (Å²) in [4.78, 5) is 16.4. The molecule has 0 radical (unpaired) electrons. The largest absolute Gasteiger partial charge is 0.439 e. The van der Waals surface area contributed by atoms with Crippen molar-refractivity contribution < 1.29 is 9.53 Å². The number of amides is 1. The van der Waals surface area contributed by atoms with E-state index in [9.17, 15) is 4.79 Å². The van der Waals surface area contributed by atoms with Gasteiger partial charge in [0.05, 0.1) is 6.54 Å². The van der Waals surface area contributed by atoms with Crippen LogP contribution in [-0.2, 0) is 4.74 Å². The van der Waals surface area contributed by atoms with Gasteiger partial charge in [-0.1, -0.05) is 0 Å². The highest BCUT2D eigenvalue weighted by molar-refractivity contribution is 9.10. The first-order valence-electron chi connectivity index (χ1n) is 6.63. The Kier molecular flexibility index (Phi) is 2.69. The number of nitrogens with zero attached hydrogens (tertiary/aromatic N) is 2. The Morgan fingerprint density at radius 3 is 2.74 bits per heavy atom. The molecule has 5 heterocycles. The van der Waals surface area contributed by atoms with E-state index in [0.29, 0.717) is 12.5 Å². The van der Waals surface area contributed by atoms with Gasteiger partial charge in [-0.15, -0.1) is 11.3 Å². The summed E-state index contributed by atoms with van der Waals surface area (Å²) in [5, 5.41) is 2.98. The number of carbonyl (C=O) groups excluding carboxylic acids is 1. The van der Waals surface area contributed by atoms with Crippen molar-refractivity contribution in [3.8, 4) is 0 Å². The van der Waals surface area contributed by atoms with Crippen molar-refractivity contribution in [3.05, 3.63) is 15.9 Å². The lowest BCUT2D eigenvalue weighted by molar-refractivity contribution is -0.0881. The van der Waals surface area contributed by atoms with Gasteiger partial charge in [0.1, 0.15) is 10.6 Å². The standard InChI is InChI=1S/C13H15BrN2O2S/c14-10-5-11(19-6-10)16-8-13(18-12(16)17)7-15-3-1-9(13)2-4-15/h5-6,9H,1-4,7-8H2. The highest BCUT2D eigenvalue weighted by atomic mass is 79.9. The Morgan fingerprint density at radius 1 is 1.37 bits per heavy atom. The van der Waals surface area contributed by atoms with Crippen molar-refractivity contribution >= 4 is 38.4 Å². The number of rotatable bonds is 1. The minimum Gasteiger partial charge on any atom is -0.439 e. The van der Waals surface area contributed by atoms with Crippen LogP contribution in [0.15, 0.2) is 15.9 Å². The van der Waals surface area contributed by atoms with Crippen LogP contribution in [0.5, 0.6) is 0 Å². The molecule has 0 N–H and O–H groups in total. The molecule has 4 fully saturated rings. The Hall–Kier alpha value is -0.590. The highest BCUT2D eigenvalue weighted by Crippen LogP contribution is 2.44. The number of hydrogen-bond acceptors (Lipinski definition) is 4. The first kappa shape index (κ1) is 12.2. The van der Waals surface area contributed by atoms with Crippen molar-refractivity contribution in [3.63, 3.8) is 0 Å². The molecule has 1 aromatic rings. The van der Waals surface area contributed by atoms with E-state index in [4.69, 9.17) is 4.74 Å². The van der Waals surface area contributed by atoms with Crippen LogP contribution in [0.3, 0.4) is 0 Å². The van der Waals surface area contributed by atoms with Crippen LogP contribution in [0.1, 0.15) is 12.8 Å². The lowest BCUT2D eigenvalue weighted by Gasteiger charge is -2.49. The van der Waals surface area contributed by atoms with E-state index < -0.39 is 0 Å². The third kappa shape index (κ3) is 1.84. The van der Waals surface area contributed by atoms with Gasteiger partial charge in [-0.25, -0.2) is 4.79 Å². The summed E-state index contributed by atoms with van der Waals surface area (Å²) in [5.74, 6) is 0.537. The molecule has 0 aliphatic carbocycles. The van der Waals surface area contributed by atoms with Crippen molar-refractivity contribution in [2.75, 3.05) is 31.1 Å². The average Bonchev–Trinajstić information content (AvgIpc) is 2.95. The van der Waals surface area contributed by atoms with Gasteiger partial charge in [0.15, 0.2) is 0 Å². The first-order chi connectivity index (χ1) is 9.16. The molecule has 1 spiro atoms. The number of ether oxygens (including phenoxy) is 1. The molecule has 19 heavy (non-hydrogen) atoms. The zero-order valence-corrected chi connectivity index (χ0v) is 12.9. The zero-order valence-electron chi connectivity index (χ0n) is 10.5. The molecule has 1 unspecified atom stereocenters. The number of thiophene rings is 1. The molecular weight excluding hydrogens is 328 g/mol. The number of piperidine rings is 3. The van der Waals surface area contributed by atoms with Crippen LogP contribution < -0.4 is 4.90 Å². The van der Waals surface area contributed by atoms with Crippen LogP contribution in [-0.4, -0.2) is 42.8 Å². The summed E-state index contributed by atoms with van der Waals surface area (Å²) in [6.45, 7) is 3.94. The molecule has 6 heteroatoms. The smallest absolute Gasteiger partial charge is 0.415 e. The Balaban J connectivity index is 1.63. The summed E-state index contributed by atoms with van der Waals surface area (Å²) >= 11 is 5.03. The molecule has 4 aliphatic rings. The van der Waals surface area contributed by atoms with Crippen LogP contribution >= 0.6 is 27.3 Å². The van der Waals surface area contributed by atoms with Crippen LogP contribution in [0, 0.1) is 5.92 Å². The van der Waals surface area contributed by atoms with E-state index in [2.05, 4.69) is 20.8 Å². The van der Waals surface area contributed by atoms with Crippen LogP contribution in [0.25, 0.3) is 0 Å². The topological polar surface area (TPSA) is 32.8 Å². The third-order valence-corrected chi connectivity index (χ3v) is 6.29. The minimum atomic E-state index is -0.260. The molecule has 4 aliphatic heterocycles. The SMILES string of the molecule is O=C1OC2(CN3CCC2CC3)CN1c1cc(Br)cs1. The molecule has 1 atom stereocenters. The number of halogens is 1. The highest BCUT2D eigenvalue weighted by Gasteiger charge is 2.55. The summed E-state index contributed by atoms with van der Waals surface area (Å²) in [7, 11) is 0. The second-order valence-electron chi connectivity index (χ2n) is 5.67. The van der Waals surface area contributed by atoms with Gasteiger partial charge >= 0.3 is 6.09 Å². The third-order valence-electron chi connectivity index (χ3n) is 4.58. The van der Waals surface area contributed by atoms with Crippen LogP contribution in [0.4, 0.5) is 9.80 Å². The monoisotopic (exact) mass is 342 g/mol. The van der Waals surface area contributed by atoms with E-state index in [1.54, 1.807) is 16.2 Å². The van der Waals surface area contributed by atoms with E-state index in [-0.39, 0.29) is 11.7 Å². The molecule has 102 valence electrons. The lowest BCUT2D eigenvalue weighted by atomic mass is 9.75. The van der Waals surface area contributed by atoms with E-state index in [0.717, 1.165) is 41.9 Å². The van der Waals surface area contributed by atoms with Gasteiger partial charge in [0.2, 0.25) is 0 Å². The van der Waals surface area contributed by atoms with Crippen molar-refractivity contribution in [1.29, 1.82) is 0 Å². The predicted molar refractivity (Wildman–Crippen MR) is 77.7 cm³/mol. The number of hydrogen-bond donors (Lipinski definition) is 0. The zero-order chi connectivity index (χ0) is 13.0. The molecule has 4 saturated heterocycles. The molecule has 5 rings (SSSR count). The molecule has 0 saturated carbocycles. The van der Waals surface area contributed by atoms with E-state index in [1.807, 2.05) is 11.4 Å². The fourth-order valence-corrected chi connectivity index (χ4v) is 5.04. The summed E-state index contributed by atoms with van der Waals surface area (Å²) < 4.78 is 6.86. The molecule has 4 nitrogen and oxygen atoms in total. The van der Waals surface area contributed by atoms with Gasteiger partial charge in [-0.2, -0.15) is 0 Å². The Morgan fingerprint density at radius 2 is 2.16 bits per heavy atom. The molecular formula is C13H15BrN2O2S. The van der Waals surface area contributed by atoms with Gasteiger partial charge in [0, 0.05) is 22.3 Å². The fourth-order valence-electron chi connectivity index (χ4n) is 3.63. The van der Waals surface area contributed by atoms with Crippen LogP contribution in [0.2, 0.25) is 0 Å². The van der Waals surface area contributed by atoms with Crippen molar-refractivity contribution in [1.82, 2.24) is 4.90 Å². The number of carbonyl (C=O) groups is 1. The van der Waals surface area contributed by atoms with E-state index in [1.165, 1.54) is 0 Å². The molecule has 1 amide bonds. The quantitative estimate of drug-likeness (QED) is 0.786. The van der Waals surface area contributed by atoms with Gasteiger partial charge in [-0.3, -0.25) is 9.80 Å².